The Kier molecular flexibility index (Phi) is 15.4. The van der Waals surface area contributed by atoms with E-state index in [0.717, 1.165) is 56.3 Å². The van der Waals surface area contributed by atoms with Crippen molar-refractivity contribution >= 4 is 35.8 Å². The van der Waals surface area contributed by atoms with Crippen LogP contribution in [0.4, 0.5) is 0 Å². The quantitative estimate of drug-likeness (QED) is 0.106. The molecule has 10 bridgehead atoms. The Labute approximate surface area is 425 Å². The van der Waals surface area contributed by atoms with Gasteiger partial charge in [-0.3, -0.25) is 4.79 Å². The van der Waals surface area contributed by atoms with E-state index in [9.17, 15) is 44.2 Å². The van der Waals surface area contributed by atoms with Crippen molar-refractivity contribution in [3.05, 3.63) is 48.6 Å². The zero-order valence-corrected chi connectivity index (χ0v) is 43.8. The van der Waals surface area contributed by atoms with Gasteiger partial charge < -0.3 is 38.6 Å². The summed E-state index contributed by atoms with van der Waals surface area (Å²) in [5.74, 6) is -0.120. The summed E-state index contributed by atoms with van der Waals surface area (Å²) < 4.78 is 32.2. The van der Waals surface area contributed by atoms with Crippen LogP contribution in [0.3, 0.4) is 0 Å². The molecule has 2 N–H and O–H groups in total. The highest BCUT2D eigenvalue weighted by molar-refractivity contribution is 5.89. The second kappa shape index (κ2) is 20.1. The predicted molar refractivity (Wildman–Crippen MR) is 263 cm³/mol. The van der Waals surface area contributed by atoms with Crippen molar-refractivity contribution < 1.29 is 67.4 Å². The standard InChI is InChI=1S/C17H26O2.C15H15NO6.C14H20O4.C11H18O2/c1-11(2)15(18)19-16(3,4)17-8-12-5-13(9-17)7-14(6-12)10-17;1-7(2)13(18)20-5-10(17)21-11-8-3-9-12(11)22-14(19)15(9,4-8)6-16;1-9(2)11(15)18-14-5-10-3-12(16,7-14)6-13(17,4-10)8-14;1-4-11(7-5-6-8-11)13-10(12)9(2)3/h12-14H,1,5-10H2,2-4H3;8-9,11-12H,1,3-5H2,2H3;10,16-17H,1,3-8H2,2H3;2,4-8H2,1,3H3. The van der Waals surface area contributed by atoms with Crippen LogP contribution >= 0.6 is 0 Å². The van der Waals surface area contributed by atoms with Crippen LogP contribution in [0, 0.1) is 57.7 Å². The lowest BCUT2D eigenvalue weighted by atomic mass is 9.46. The number of ether oxygens (including phenoxy) is 6. The molecule has 0 aromatic heterocycles. The molecule has 1 saturated heterocycles. The van der Waals surface area contributed by atoms with Crippen LogP contribution in [-0.4, -0.2) is 92.8 Å². The predicted octanol–water partition coefficient (Wildman–Crippen LogP) is 8.73. The number of hydrogen-bond donors (Lipinski definition) is 2. The fourth-order valence-corrected chi connectivity index (χ4v) is 15.5. The van der Waals surface area contributed by atoms with Crippen LogP contribution in [0.1, 0.15) is 170 Å². The molecule has 12 aliphatic rings. The first-order chi connectivity index (χ1) is 33.5. The molecule has 396 valence electrons. The van der Waals surface area contributed by atoms with E-state index in [1.165, 1.54) is 58.3 Å². The van der Waals surface area contributed by atoms with Gasteiger partial charge in [-0.15, -0.1) is 0 Å². The number of rotatable bonds is 12. The lowest BCUT2D eigenvalue weighted by Gasteiger charge is -2.62. The maximum atomic E-state index is 11.9. The fraction of sp³-hybridized carbons (Fsp3) is 0.737. The third-order valence-corrected chi connectivity index (χ3v) is 18.1. The lowest BCUT2D eigenvalue weighted by molar-refractivity contribution is -0.260. The van der Waals surface area contributed by atoms with E-state index in [1.807, 2.05) is 0 Å². The molecule has 11 aliphatic carbocycles. The highest BCUT2D eigenvalue weighted by Crippen LogP contribution is 2.65. The molecule has 7 atom stereocenters. The first kappa shape index (κ1) is 55.0. The minimum Gasteiger partial charge on any atom is -0.457 e. The summed E-state index contributed by atoms with van der Waals surface area (Å²) in [6.07, 6.45) is 16.8. The number of esters is 6. The summed E-state index contributed by atoms with van der Waals surface area (Å²) >= 11 is 0. The SMILES string of the molecule is C=C(C)C(=O)OC(C)(C)C12CC3CC(CC(C3)C1)C2.C=C(C)C(=O)OC1(CC)CCCC1.C=C(C)C(=O)OC12CC3CC(O)(CC(O)(C3)C1)C2.C=C(C)C(=O)OCC(=O)OC1C2CC3C1OC(=O)C3(C#N)C2. The monoisotopic (exact) mass is 1000 g/mol. The first-order valence-electron chi connectivity index (χ1n) is 26.3. The highest BCUT2D eigenvalue weighted by Gasteiger charge is 2.72. The molecule has 7 unspecified atom stereocenters. The Hall–Kier alpha value is -4.81. The molecule has 1 aliphatic heterocycles. The molecule has 72 heavy (non-hydrogen) atoms. The molecule has 0 amide bonds. The van der Waals surface area contributed by atoms with Crippen LogP contribution in [-0.2, 0) is 57.2 Å². The van der Waals surface area contributed by atoms with E-state index in [2.05, 4.69) is 53.2 Å². The number of nitrogens with zero attached hydrogens (tertiary/aromatic N) is 1. The van der Waals surface area contributed by atoms with Crippen LogP contribution in [0.15, 0.2) is 48.6 Å². The van der Waals surface area contributed by atoms with Gasteiger partial charge in [-0.1, -0.05) is 33.2 Å². The molecule has 0 radical (unpaired) electrons. The van der Waals surface area contributed by atoms with Crippen molar-refractivity contribution in [3.8, 4) is 6.07 Å². The van der Waals surface area contributed by atoms with Gasteiger partial charge in [0.1, 0.15) is 29.0 Å². The van der Waals surface area contributed by atoms with Gasteiger partial charge in [0.2, 0.25) is 0 Å². The average molecular weight is 1000 g/mol. The van der Waals surface area contributed by atoms with Crippen molar-refractivity contribution in [3.63, 3.8) is 0 Å². The molecule has 0 spiro atoms. The second-order valence-electron chi connectivity index (χ2n) is 24.7. The molecule has 12 rings (SSSR count). The molecule has 1 heterocycles. The number of fused-ring (bicyclic) bond motifs is 1. The van der Waals surface area contributed by atoms with Gasteiger partial charge in [0.05, 0.1) is 17.3 Å². The summed E-state index contributed by atoms with van der Waals surface area (Å²) in [5.41, 5.74) is -2.18. The Balaban J connectivity index is 0.000000143. The largest absolute Gasteiger partial charge is 0.457 e. The summed E-state index contributed by atoms with van der Waals surface area (Å²) in [7, 11) is 0. The summed E-state index contributed by atoms with van der Waals surface area (Å²) in [6, 6.07) is 2.08. The van der Waals surface area contributed by atoms with E-state index < -0.39 is 64.9 Å². The molecular formula is C57H79NO14. The van der Waals surface area contributed by atoms with Gasteiger partial charge in [-0.25, -0.2) is 24.0 Å². The Bertz CT molecular complexity index is 2240. The summed E-state index contributed by atoms with van der Waals surface area (Å²) in [6.45, 7) is 26.6. The molecule has 0 aromatic carbocycles. The van der Waals surface area contributed by atoms with E-state index in [-0.39, 0.29) is 51.9 Å². The van der Waals surface area contributed by atoms with Gasteiger partial charge in [-0.2, -0.15) is 5.26 Å². The van der Waals surface area contributed by atoms with Gasteiger partial charge in [-0.05, 0) is 168 Å². The van der Waals surface area contributed by atoms with Crippen LogP contribution in [0.2, 0.25) is 0 Å². The van der Waals surface area contributed by atoms with Gasteiger partial charge in [0, 0.05) is 58.8 Å². The van der Waals surface area contributed by atoms with Crippen LogP contribution in [0.5, 0.6) is 0 Å². The molecule has 11 saturated carbocycles. The highest BCUT2D eigenvalue weighted by atomic mass is 16.6. The minimum atomic E-state index is -1.06. The first-order valence-corrected chi connectivity index (χ1v) is 26.3. The van der Waals surface area contributed by atoms with Crippen molar-refractivity contribution in [2.24, 2.45) is 46.3 Å². The summed E-state index contributed by atoms with van der Waals surface area (Å²) in [5, 5.41) is 30.3. The van der Waals surface area contributed by atoms with Gasteiger partial charge in [0.15, 0.2) is 12.0 Å². The number of hydrogen-bond acceptors (Lipinski definition) is 15. The van der Waals surface area contributed by atoms with E-state index in [1.54, 1.807) is 20.8 Å². The molecule has 15 nitrogen and oxygen atoms in total. The van der Waals surface area contributed by atoms with Crippen molar-refractivity contribution in [2.45, 2.75) is 211 Å². The maximum Gasteiger partial charge on any atom is 0.344 e. The van der Waals surface area contributed by atoms with E-state index in [4.69, 9.17) is 28.4 Å². The number of carbonyl (C=O) groups is 6. The van der Waals surface area contributed by atoms with E-state index >= 15 is 0 Å². The zero-order chi connectivity index (χ0) is 53.0. The maximum absolute atomic E-state index is 11.9. The Morgan fingerprint density at radius 2 is 1.22 bits per heavy atom. The van der Waals surface area contributed by atoms with Crippen molar-refractivity contribution in [1.82, 2.24) is 0 Å². The third-order valence-electron chi connectivity index (χ3n) is 18.1. The third kappa shape index (κ3) is 11.0. The van der Waals surface area contributed by atoms with Crippen LogP contribution < -0.4 is 0 Å². The van der Waals surface area contributed by atoms with Gasteiger partial charge in [0.25, 0.3) is 0 Å². The van der Waals surface area contributed by atoms with Gasteiger partial charge >= 0.3 is 35.8 Å². The smallest absolute Gasteiger partial charge is 0.344 e. The Morgan fingerprint density at radius 3 is 1.69 bits per heavy atom. The zero-order valence-electron chi connectivity index (χ0n) is 43.8. The molecule has 0 aromatic rings. The van der Waals surface area contributed by atoms with E-state index in [0.29, 0.717) is 48.8 Å². The van der Waals surface area contributed by atoms with Crippen molar-refractivity contribution in [2.75, 3.05) is 6.61 Å². The number of nitriles is 1. The normalized spacial score (nSPS) is 37.9. The summed E-state index contributed by atoms with van der Waals surface area (Å²) in [4.78, 5) is 69.9. The second-order valence-corrected chi connectivity index (χ2v) is 24.7. The minimum absolute atomic E-state index is 0.0677. The topological polar surface area (TPSA) is 222 Å². The molecular weight excluding hydrogens is 923 g/mol. The lowest BCUT2D eigenvalue weighted by Crippen LogP contribution is -2.66. The number of carbonyl (C=O) groups excluding carboxylic acids is 6. The van der Waals surface area contributed by atoms with Crippen LogP contribution in [0.25, 0.3) is 0 Å². The van der Waals surface area contributed by atoms with Crippen molar-refractivity contribution in [1.29, 1.82) is 5.26 Å². The fourth-order valence-electron chi connectivity index (χ4n) is 15.5. The molecule has 12 fully saturated rings. The average Bonchev–Trinajstić information content (AvgIpc) is 4.02. The Morgan fingerprint density at radius 1 is 0.708 bits per heavy atom. The molecule has 15 heteroatoms. The number of aliphatic hydroxyl groups is 2.